The Morgan fingerprint density at radius 3 is 2.50 bits per heavy atom. The number of alkyl halides is 3. The van der Waals surface area contributed by atoms with E-state index in [0.717, 1.165) is 12.8 Å². The van der Waals surface area contributed by atoms with Gasteiger partial charge in [-0.1, -0.05) is 0 Å². The summed E-state index contributed by atoms with van der Waals surface area (Å²) in [6, 6.07) is 0.472. The van der Waals surface area contributed by atoms with Crippen LogP contribution in [0.2, 0.25) is 0 Å². The number of rotatable bonds is 1. The molecule has 1 fully saturated rings. The maximum atomic E-state index is 12.4. The van der Waals surface area contributed by atoms with E-state index in [2.05, 4.69) is 9.97 Å². The van der Waals surface area contributed by atoms with Crippen molar-refractivity contribution in [2.75, 3.05) is 18.0 Å². The summed E-state index contributed by atoms with van der Waals surface area (Å²) in [4.78, 5) is 18.5. The molecule has 0 unspecified atom stereocenters. The molecule has 7 heteroatoms. The van der Waals surface area contributed by atoms with Crippen molar-refractivity contribution in [3.8, 4) is 0 Å². The summed E-state index contributed by atoms with van der Waals surface area (Å²) in [7, 11) is 0. The number of anilines is 1. The zero-order valence-electron chi connectivity index (χ0n) is 8.34. The molecular weight excluding hydrogens is 223 g/mol. The second-order valence-corrected chi connectivity index (χ2v) is 3.65. The zero-order valence-corrected chi connectivity index (χ0v) is 8.34. The molecule has 0 saturated carbocycles. The molecule has 0 radical (unpaired) electrons. The highest BCUT2D eigenvalue weighted by Crippen LogP contribution is 2.27. The van der Waals surface area contributed by atoms with Crippen LogP contribution in [0.4, 0.5) is 19.1 Å². The molecule has 0 spiro atoms. The van der Waals surface area contributed by atoms with E-state index in [1.807, 2.05) is 0 Å². The highest BCUT2D eigenvalue weighted by atomic mass is 19.4. The normalized spacial score (nSPS) is 16.8. The fourth-order valence-corrected chi connectivity index (χ4v) is 1.67. The van der Waals surface area contributed by atoms with Gasteiger partial charge in [-0.3, -0.25) is 9.78 Å². The Morgan fingerprint density at radius 2 is 1.94 bits per heavy atom. The van der Waals surface area contributed by atoms with Crippen LogP contribution in [0.1, 0.15) is 18.5 Å². The van der Waals surface area contributed by atoms with Crippen LogP contribution in [-0.4, -0.2) is 23.1 Å². The topological polar surface area (TPSA) is 49.0 Å². The van der Waals surface area contributed by atoms with Crippen LogP contribution >= 0.6 is 0 Å². The molecule has 2 heterocycles. The first-order valence-corrected chi connectivity index (χ1v) is 4.90. The predicted octanol–water partition coefficient (Wildman–Crippen LogP) is 1.39. The Bertz CT molecular complexity index is 434. The molecule has 4 nitrogen and oxygen atoms in total. The second-order valence-electron chi connectivity index (χ2n) is 3.65. The summed E-state index contributed by atoms with van der Waals surface area (Å²) in [5.74, 6) is 0.0114. The van der Waals surface area contributed by atoms with E-state index in [9.17, 15) is 18.0 Å². The van der Waals surface area contributed by atoms with Gasteiger partial charge in [0.05, 0.1) is 0 Å². The molecule has 1 N–H and O–H groups in total. The predicted molar refractivity (Wildman–Crippen MR) is 51.3 cm³/mol. The summed E-state index contributed by atoms with van der Waals surface area (Å²) >= 11 is 0. The van der Waals surface area contributed by atoms with E-state index < -0.39 is 17.4 Å². The molecule has 1 aromatic heterocycles. The SMILES string of the molecule is O=c1cc(C(F)(F)F)nc(N2CCCC2)[nH]1. The number of nitrogens with one attached hydrogen (secondary N) is 1. The van der Waals surface area contributed by atoms with Gasteiger partial charge in [0.25, 0.3) is 5.56 Å². The van der Waals surface area contributed by atoms with Crippen molar-refractivity contribution in [3.05, 3.63) is 22.1 Å². The summed E-state index contributed by atoms with van der Waals surface area (Å²) in [5.41, 5.74) is -1.91. The highest BCUT2D eigenvalue weighted by Gasteiger charge is 2.34. The standard InChI is InChI=1S/C9H10F3N3O/c10-9(11,12)6-5-7(16)14-8(13-6)15-3-1-2-4-15/h5H,1-4H2,(H,13,14,16). The number of H-pyrrole nitrogens is 1. The smallest absolute Gasteiger partial charge is 0.342 e. The van der Waals surface area contributed by atoms with Gasteiger partial charge in [-0.25, -0.2) is 4.98 Å². The van der Waals surface area contributed by atoms with Gasteiger partial charge in [-0.15, -0.1) is 0 Å². The Balaban J connectivity index is 2.39. The maximum Gasteiger partial charge on any atom is 0.433 e. The quantitative estimate of drug-likeness (QED) is 0.797. The van der Waals surface area contributed by atoms with Gasteiger partial charge < -0.3 is 4.90 Å². The summed E-state index contributed by atoms with van der Waals surface area (Å²) in [6.45, 7) is 1.26. The average Bonchev–Trinajstić information content (AvgIpc) is 2.68. The lowest BCUT2D eigenvalue weighted by Crippen LogP contribution is -2.26. The van der Waals surface area contributed by atoms with E-state index in [-0.39, 0.29) is 5.95 Å². The molecule has 0 amide bonds. The number of aromatic nitrogens is 2. The van der Waals surface area contributed by atoms with Crippen molar-refractivity contribution in [2.24, 2.45) is 0 Å². The Hall–Kier alpha value is -1.53. The monoisotopic (exact) mass is 233 g/mol. The van der Waals surface area contributed by atoms with Crippen molar-refractivity contribution in [1.29, 1.82) is 0 Å². The fraction of sp³-hybridized carbons (Fsp3) is 0.556. The molecule has 1 aliphatic rings. The van der Waals surface area contributed by atoms with Gasteiger partial charge in [0.1, 0.15) is 0 Å². The van der Waals surface area contributed by atoms with E-state index in [0.29, 0.717) is 19.2 Å². The maximum absolute atomic E-state index is 12.4. The third-order valence-corrected chi connectivity index (χ3v) is 2.43. The van der Waals surface area contributed by atoms with Crippen LogP contribution in [0.5, 0.6) is 0 Å². The Labute approximate surface area is 89.1 Å². The average molecular weight is 233 g/mol. The molecule has 0 aliphatic carbocycles. The van der Waals surface area contributed by atoms with E-state index >= 15 is 0 Å². The van der Waals surface area contributed by atoms with Crippen LogP contribution in [0.25, 0.3) is 0 Å². The van der Waals surface area contributed by atoms with Crippen molar-refractivity contribution in [1.82, 2.24) is 9.97 Å². The van der Waals surface area contributed by atoms with Gasteiger partial charge in [-0.05, 0) is 12.8 Å². The lowest BCUT2D eigenvalue weighted by molar-refractivity contribution is -0.141. The first kappa shape index (κ1) is 11.0. The van der Waals surface area contributed by atoms with Crippen LogP contribution < -0.4 is 10.5 Å². The van der Waals surface area contributed by atoms with Gasteiger partial charge >= 0.3 is 6.18 Å². The van der Waals surface area contributed by atoms with Crippen LogP contribution in [0.15, 0.2) is 10.9 Å². The molecule has 1 saturated heterocycles. The largest absolute Gasteiger partial charge is 0.433 e. The Kier molecular flexibility index (Phi) is 2.61. The van der Waals surface area contributed by atoms with Crippen molar-refractivity contribution in [3.63, 3.8) is 0 Å². The molecular formula is C9H10F3N3O. The van der Waals surface area contributed by atoms with Gasteiger partial charge in [0, 0.05) is 19.2 Å². The lowest BCUT2D eigenvalue weighted by atomic mass is 10.4. The fourth-order valence-electron chi connectivity index (χ4n) is 1.67. The molecule has 1 aliphatic heterocycles. The molecule has 1 aromatic rings. The summed E-state index contributed by atoms with van der Waals surface area (Å²) in [5, 5.41) is 0. The first-order valence-electron chi connectivity index (χ1n) is 4.90. The van der Waals surface area contributed by atoms with E-state index in [1.54, 1.807) is 4.90 Å². The van der Waals surface area contributed by atoms with E-state index in [1.165, 1.54) is 0 Å². The van der Waals surface area contributed by atoms with E-state index in [4.69, 9.17) is 0 Å². The third-order valence-electron chi connectivity index (χ3n) is 2.43. The minimum Gasteiger partial charge on any atom is -0.342 e. The van der Waals surface area contributed by atoms with Gasteiger partial charge in [0.15, 0.2) is 5.69 Å². The zero-order chi connectivity index (χ0) is 11.8. The number of hydrogen-bond acceptors (Lipinski definition) is 3. The molecule has 0 aromatic carbocycles. The van der Waals surface area contributed by atoms with Crippen LogP contribution in [0.3, 0.4) is 0 Å². The number of hydrogen-bond donors (Lipinski definition) is 1. The third kappa shape index (κ3) is 2.17. The number of nitrogens with zero attached hydrogens (tertiary/aromatic N) is 2. The van der Waals surface area contributed by atoms with Crippen molar-refractivity contribution in [2.45, 2.75) is 19.0 Å². The first-order chi connectivity index (χ1) is 7.47. The van der Waals surface area contributed by atoms with Crippen molar-refractivity contribution >= 4 is 5.95 Å². The summed E-state index contributed by atoms with van der Waals surface area (Å²) in [6.07, 6.45) is -2.78. The lowest BCUT2D eigenvalue weighted by Gasteiger charge is -2.16. The molecule has 2 rings (SSSR count). The minimum atomic E-state index is -4.58. The van der Waals surface area contributed by atoms with Gasteiger partial charge in [-0.2, -0.15) is 13.2 Å². The minimum absolute atomic E-state index is 0.0114. The highest BCUT2D eigenvalue weighted by molar-refractivity contribution is 5.31. The molecule has 0 atom stereocenters. The number of halogens is 3. The second kappa shape index (κ2) is 3.80. The molecule has 16 heavy (non-hydrogen) atoms. The Morgan fingerprint density at radius 1 is 1.31 bits per heavy atom. The van der Waals surface area contributed by atoms with Crippen LogP contribution in [0, 0.1) is 0 Å². The van der Waals surface area contributed by atoms with Crippen molar-refractivity contribution < 1.29 is 13.2 Å². The number of aromatic amines is 1. The molecule has 88 valence electrons. The molecule has 0 bridgehead atoms. The van der Waals surface area contributed by atoms with Crippen LogP contribution in [-0.2, 0) is 6.18 Å². The summed E-state index contributed by atoms with van der Waals surface area (Å²) < 4.78 is 37.2. The van der Waals surface area contributed by atoms with Gasteiger partial charge in [0.2, 0.25) is 5.95 Å².